The Labute approximate surface area is 159 Å². The maximum absolute atomic E-state index is 13.0. The van der Waals surface area contributed by atoms with Crippen LogP contribution in [-0.2, 0) is 6.42 Å². The fourth-order valence-electron chi connectivity index (χ4n) is 2.74. The third kappa shape index (κ3) is 3.80. The Kier molecular flexibility index (Phi) is 4.92. The zero-order chi connectivity index (χ0) is 19.3. The Balaban J connectivity index is 1.39. The molecule has 0 atom stereocenters. The van der Waals surface area contributed by atoms with Crippen LogP contribution in [0, 0.1) is 5.82 Å². The van der Waals surface area contributed by atoms with Crippen molar-refractivity contribution in [2.45, 2.75) is 6.42 Å². The van der Waals surface area contributed by atoms with Crippen LogP contribution in [0.2, 0.25) is 0 Å². The summed E-state index contributed by atoms with van der Waals surface area (Å²) < 4.78 is 20.0. The molecule has 0 aliphatic rings. The van der Waals surface area contributed by atoms with E-state index in [0.29, 0.717) is 41.4 Å². The third-order valence-corrected chi connectivity index (χ3v) is 4.12. The van der Waals surface area contributed by atoms with Gasteiger partial charge < -0.3 is 9.73 Å². The second kappa shape index (κ2) is 7.83. The predicted molar refractivity (Wildman–Crippen MR) is 99.3 cm³/mol. The van der Waals surface area contributed by atoms with Crippen LogP contribution in [0.3, 0.4) is 0 Å². The first kappa shape index (κ1) is 17.6. The van der Waals surface area contributed by atoms with Crippen molar-refractivity contribution in [3.63, 3.8) is 0 Å². The van der Waals surface area contributed by atoms with Gasteiger partial charge in [0.2, 0.25) is 5.89 Å². The molecule has 4 aromatic rings. The highest BCUT2D eigenvalue weighted by Gasteiger charge is 2.13. The molecule has 0 fully saturated rings. The van der Waals surface area contributed by atoms with Gasteiger partial charge in [0, 0.05) is 18.5 Å². The monoisotopic (exact) mass is 377 g/mol. The number of hydrogen-bond donors (Lipinski definition) is 1. The molecule has 0 bridgehead atoms. The molecular formula is C20H16FN5O2. The van der Waals surface area contributed by atoms with Gasteiger partial charge in [0.25, 0.3) is 5.91 Å². The molecule has 2 heterocycles. The van der Waals surface area contributed by atoms with Crippen molar-refractivity contribution in [2.75, 3.05) is 6.54 Å². The first-order chi connectivity index (χ1) is 13.7. The van der Waals surface area contributed by atoms with E-state index in [4.69, 9.17) is 4.42 Å². The summed E-state index contributed by atoms with van der Waals surface area (Å²) in [5.41, 5.74) is 2.54. The number of hydrogen-bond acceptors (Lipinski definition) is 5. The summed E-state index contributed by atoms with van der Waals surface area (Å²) in [6.07, 6.45) is 4.99. The van der Waals surface area contributed by atoms with Gasteiger partial charge in [-0.25, -0.2) is 19.0 Å². The normalized spacial score (nSPS) is 10.8. The lowest BCUT2D eigenvalue weighted by Crippen LogP contribution is -2.27. The van der Waals surface area contributed by atoms with E-state index in [1.54, 1.807) is 41.3 Å². The van der Waals surface area contributed by atoms with Gasteiger partial charge in [0.05, 0.1) is 16.9 Å². The number of aromatic nitrogens is 4. The summed E-state index contributed by atoms with van der Waals surface area (Å²) in [7, 11) is 0. The quantitative estimate of drug-likeness (QED) is 0.558. The summed E-state index contributed by atoms with van der Waals surface area (Å²) in [4.78, 5) is 20.8. The number of halogens is 1. The van der Waals surface area contributed by atoms with Crippen molar-refractivity contribution >= 4 is 5.91 Å². The molecule has 4 rings (SSSR count). The molecule has 0 saturated carbocycles. The van der Waals surface area contributed by atoms with E-state index in [9.17, 15) is 9.18 Å². The molecule has 1 amide bonds. The highest BCUT2D eigenvalue weighted by molar-refractivity contribution is 5.97. The molecule has 8 heteroatoms. The number of nitrogens with zero attached hydrogens (tertiary/aromatic N) is 4. The Bertz CT molecular complexity index is 1070. The van der Waals surface area contributed by atoms with E-state index in [1.165, 1.54) is 24.7 Å². The lowest BCUT2D eigenvalue weighted by Gasteiger charge is -2.09. The van der Waals surface area contributed by atoms with Crippen molar-refractivity contribution in [1.29, 1.82) is 0 Å². The van der Waals surface area contributed by atoms with Crippen LogP contribution in [0.15, 0.2) is 71.9 Å². The summed E-state index contributed by atoms with van der Waals surface area (Å²) in [6, 6.07) is 13.1. The van der Waals surface area contributed by atoms with Crippen molar-refractivity contribution in [3.05, 3.63) is 84.5 Å². The first-order valence-corrected chi connectivity index (χ1v) is 8.63. The smallest absolute Gasteiger partial charge is 0.253 e. The molecule has 0 aliphatic carbocycles. The maximum atomic E-state index is 13.0. The molecule has 0 saturated heterocycles. The molecular weight excluding hydrogens is 361 g/mol. The van der Waals surface area contributed by atoms with E-state index in [0.717, 1.165) is 0 Å². The van der Waals surface area contributed by atoms with Gasteiger partial charge in [-0.1, -0.05) is 12.1 Å². The molecule has 7 nitrogen and oxygen atoms in total. The lowest BCUT2D eigenvalue weighted by atomic mass is 10.1. The number of amides is 1. The molecule has 140 valence electrons. The highest BCUT2D eigenvalue weighted by atomic mass is 19.1. The number of benzene rings is 2. The largest absolute Gasteiger partial charge is 0.444 e. The van der Waals surface area contributed by atoms with Gasteiger partial charge in [0.15, 0.2) is 0 Å². The molecule has 0 spiro atoms. The topological polar surface area (TPSA) is 85.8 Å². The molecule has 2 aromatic carbocycles. The third-order valence-electron chi connectivity index (χ3n) is 4.12. The molecule has 2 aromatic heterocycles. The number of carbonyl (C=O) groups is 1. The average Bonchev–Trinajstić information content (AvgIpc) is 3.41. The standard InChI is InChI=1S/C20H16FN5O2/c21-15-7-5-14(6-8-15)20-25-16(11-28-20)9-10-23-19(27)17-3-1-2-4-18(17)26-13-22-12-24-26/h1-8,11-13H,9-10H2,(H,23,27). The van der Waals surface area contributed by atoms with Crippen molar-refractivity contribution < 1.29 is 13.6 Å². The molecule has 0 unspecified atom stereocenters. The summed E-state index contributed by atoms with van der Waals surface area (Å²) in [6.45, 7) is 0.389. The molecule has 1 N–H and O–H groups in total. The van der Waals surface area contributed by atoms with E-state index in [-0.39, 0.29) is 11.7 Å². The Morgan fingerprint density at radius 2 is 1.96 bits per heavy atom. The fourth-order valence-corrected chi connectivity index (χ4v) is 2.74. The van der Waals surface area contributed by atoms with Gasteiger partial charge in [0.1, 0.15) is 24.7 Å². The first-order valence-electron chi connectivity index (χ1n) is 8.63. The Morgan fingerprint density at radius 3 is 2.75 bits per heavy atom. The zero-order valence-corrected chi connectivity index (χ0v) is 14.7. The zero-order valence-electron chi connectivity index (χ0n) is 14.7. The highest BCUT2D eigenvalue weighted by Crippen LogP contribution is 2.19. The number of para-hydroxylation sites is 1. The van der Waals surface area contributed by atoms with E-state index in [1.807, 2.05) is 6.07 Å². The van der Waals surface area contributed by atoms with Gasteiger partial charge in [-0.3, -0.25) is 4.79 Å². The number of rotatable bonds is 6. The molecule has 0 aliphatic heterocycles. The SMILES string of the molecule is O=C(NCCc1coc(-c2ccc(F)cc2)n1)c1ccccc1-n1cncn1. The van der Waals surface area contributed by atoms with Gasteiger partial charge in [-0.15, -0.1) is 0 Å². The minimum absolute atomic E-state index is 0.214. The van der Waals surface area contributed by atoms with Crippen LogP contribution in [0.1, 0.15) is 16.1 Å². The van der Waals surface area contributed by atoms with Crippen LogP contribution in [0.4, 0.5) is 4.39 Å². The van der Waals surface area contributed by atoms with Crippen LogP contribution in [0.25, 0.3) is 17.1 Å². The number of carbonyl (C=O) groups excluding carboxylic acids is 1. The van der Waals surface area contributed by atoms with Crippen molar-refractivity contribution in [3.8, 4) is 17.1 Å². The van der Waals surface area contributed by atoms with E-state index < -0.39 is 0 Å². The van der Waals surface area contributed by atoms with Gasteiger partial charge >= 0.3 is 0 Å². The minimum Gasteiger partial charge on any atom is -0.444 e. The molecule has 28 heavy (non-hydrogen) atoms. The van der Waals surface area contributed by atoms with Crippen LogP contribution >= 0.6 is 0 Å². The maximum Gasteiger partial charge on any atom is 0.253 e. The van der Waals surface area contributed by atoms with E-state index >= 15 is 0 Å². The van der Waals surface area contributed by atoms with Crippen molar-refractivity contribution in [1.82, 2.24) is 25.1 Å². The number of oxazole rings is 1. The summed E-state index contributed by atoms with van der Waals surface area (Å²) in [5.74, 6) is -0.115. The minimum atomic E-state index is -0.315. The fraction of sp³-hybridized carbons (Fsp3) is 0.100. The summed E-state index contributed by atoms with van der Waals surface area (Å²) in [5, 5.41) is 6.95. The van der Waals surface area contributed by atoms with Crippen LogP contribution < -0.4 is 5.32 Å². The van der Waals surface area contributed by atoms with Crippen LogP contribution in [0.5, 0.6) is 0 Å². The number of nitrogens with one attached hydrogen (secondary N) is 1. The van der Waals surface area contributed by atoms with Crippen LogP contribution in [-0.4, -0.2) is 32.2 Å². The summed E-state index contributed by atoms with van der Waals surface area (Å²) >= 11 is 0. The lowest BCUT2D eigenvalue weighted by molar-refractivity contribution is 0.0954. The molecule has 0 radical (unpaired) electrons. The van der Waals surface area contributed by atoms with Crippen molar-refractivity contribution in [2.24, 2.45) is 0 Å². The second-order valence-electron chi connectivity index (χ2n) is 6.01. The van der Waals surface area contributed by atoms with Gasteiger partial charge in [-0.2, -0.15) is 5.10 Å². The second-order valence-corrected chi connectivity index (χ2v) is 6.01. The predicted octanol–water partition coefficient (Wildman–Crippen LogP) is 3.03. The van der Waals surface area contributed by atoms with Gasteiger partial charge in [-0.05, 0) is 36.4 Å². The van der Waals surface area contributed by atoms with E-state index in [2.05, 4.69) is 20.4 Å². The Morgan fingerprint density at radius 1 is 1.14 bits per heavy atom. The average molecular weight is 377 g/mol. The Hall–Kier alpha value is -3.81.